The van der Waals surface area contributed by atoms with E-state index < -0.39 is 11.7 Å². The van der Waals surface area contributed by atoms with E-state index in [0.29, 0.717) is 10.4 Å². The molecule has 0 aliphatic carbocycles. The Hall–Kier alpha value is -2.12. The number of hydrogen-bond acceptors (Lipinski definition) is 4. The second-order valence-electron chi connectivity index (χ2n) is 2.97. The predicted octanol–water partition coefficient (Wildman–Crippen LogP) is 1.60. The Balaban J connectivity index is 2.37. The zero-order chi connectivity index (χ0) is 11.8. The molecular formula is C8H5F3N4O. The lowest BCUT2D eigenvalue weighted by atomic mass is 10.1. The van der Waals surface area contributed by atoms with Crippen molar-refractivity contribution in [3.8, 4) is 11.4 Å². The zero-order valence-corrected chi connectivity index (χ0v) is 7.68. The Bertz CT molecular complexity index is 491. The molecule has 5 nitrogen and oxygen atoms in total. The van der Waals surface area contributed by atoms with Crippen LogP contribution < -0.4 is 0 Å². The lowest BCUT2D eigenvalue weighted by Crippen LogP contribution is -2.04. The standard InChI is InChI=1S/C8H5F3N4O/c9-8(10,11)6-3-1-5(2-4-6)7-12-13-14-15(7)16/h1-4,16H. The third-order valence-corrected chi connectivity index (χ3v) is 1.92. The van der Waals surface area contributed by atoms with Crippen molar-refractivity contribution in [1.29, 1.82) is 0 Å². The first-order valence-corrected chi connectivity index (χ1v) is 4.14. The molecule has 1 aromatic carbocycles. The summed E-state index contributed by atoms with van der Waals surface area (Å²) >= 11 is 0. The van der Waals surface area contributed by atoms with Crippen LogP contribution in [0.4, 0.5) is 13.2 Å². The van der Waals surface area contributed by atoms with Gasteiger partial charge in [-0.05, 0) is 22.6 Å². The summed E-state index contributed by atoms with van der Waals surface area (Å²) in [6.45, 7) is 0. The van der Waals surface area contributed by atoms with Gasteiger partial charge in [0, 0.05) is 5.56 Å². The number of alkyl halides is 3. The van der Waals surface area contributed by atoms with Gasteiger partial charge >= 0.3 is 6.18 Å². The minimum atomic E-state index is -4.39. The van der Waals surface area contributed by atoms with Crippen molar-refractivity contribution in [3.05, 3.63) is 29.8 Å². The van der Waals surface area contributed by atoms with Crippen LogP contribution in [0.5, 0.6) is 0 Å². The lowest BCUT2D eigenvalue weighted by molar-refractivity contribution is -0.137. The van der Waals surface area contributed by atoms with E-state index in [9.17, 15) is 13.2 Å². The summed E-state index contributed by atoms with van der Waals surface area (Å²) in [4.78, 5) is 0.391. The van der Waals surface area contributed by atoms with Crippen molar-refractivity contribution in [1.82, 2.24) is 20.4 Å². The number of aromatic nitrogens is 4. The molecule has 1 heterocycles. The Labute approximate surface area is 87.1 Å². The second kappa shape index (κ2) is 3.47. The SMILES string of the molecule is On1nnnc1-c1ccc(C(F)(F)F)cc1. The molecule has 0 saturated carbocycles. The molecule has 0 fully saturated rings. The van der Waals surface area contributed by atoms with Crippen molar-refractivity contribution in [2.45, 2.75) is 6.18 Å². The Kier molecular flexibility index (Phi) is 2.26. The maximum atomic E-state index is 12.2. The van der Waals surface area contributed by atoms with Crippen LogP contribution >= 0.6 is 0 Å². The van der Waals surface area contributed by atoms with Gasteiger partial charge in [0.15, 0.2) is 0 Å². The molecule has 2 rings (SSSR count). The molecule has 8 heteroatoms. The Morgan fingerprint density at radius 2 is 1.75 bits per heavy atom. The largest absolute Gasteiger partial charge is 0.416 e. The molecule has 0 aliphatic rings. The summed E-state index contributed by atoms with van der Waals surface area (Å²) in [5.74, 6) is -0.0197. The molecule has 0 radical (unpaired) electrons. The fourth-order valence-electron chi connectivity index (χ4n) is 1.16. The van der Waals surface area contributed by atoms with Gasteiger partial charge in [-0.3, -0.25) is 0 Å². The average Bonchev–Trinajstić information content (AvgIpc) is 2.63. The van der Waals surface area contributed by atoms with E-state index in [1.807, 2.05) is 0 Å². The van der Waals surface area contributed by atoms with Gasteiger partial charge in [0.25, 0.3) is 0 Å². The highest BCUT2D eigenvalue weighted by atomic mass is 19.4. The number of tetrazole rings is 1. The molecule has 0 amide bonds. The summed E-state index contributed by atoms with van der Waals surface area (Å²) < 4.78 is 36.7. The molecule has 0 bridgehead atoms. The van der Waals surface area contributed by atoms with Gasteiger partial charge < -0.3 is 5.21 Å². The van der Waals surface area contributed by atoms with Crippen molar-refractivity contribution in [2.75, 3.05) is 0 Å². The van der Waals surface area contributed by atoms with E-state index in [2.05, 4.69) is 15.5 Å². The minimum Gasteiger partial charge on any atom is -0.409 e. The molecule has 84 valence electrons. The Morgan fingerprint density at radius 3 is 2.19 bits per heavy atom. The quantitative estimate of drug-likeness (QED) is 0.755. The first kappa shape index (κ1) is 10.4. The van der Waals surface area contributed by atoms with E-state index in [4.69, 9.17) is 5.21 Å². The van der Waals surface area contributed by atoms with E-state index in [1.165, 1.54) is 12.1 Å². The van der Waals surface area contributed by atoms with Crippen LogP contribution in [0.1, 0.15) is 5.56 Å². The highest BCUT2D eigenvalue weighted by molar-refractivity contribution is 5.54. The van der Waals surface area contributed by atoms with Gasteiger partial charge in [0.2, 0.25) is 5.82 Å². The molecule has 1 aromatic heterocycles. The van der Waals surface area contributed by atoms with Gasteiger partial charge in [-0.15, -0.1) is 5.10 Å². The van der Waals surface area contributed by atoms with Crippen LogP contribution in [-0.4, -0.2) is 25.6 Å². The lowest BCUT2D eigenvalue weighted by Gasteiger charge is -2.06. The number of halogens is 3. The zero-order valence-electron chi connectivity index (χ0n) is 7.68. The van der Waals surface area contributed by atoms with Gasteiger partial charge in [0.05, 0.1) is 5.56 Å². The molecule has 0 atom stereocenters. The molecule has 0 unspecified atom stereocenters. The maximum Gasteiger partial charge on any atom is 0.416 e. The normalized spacial score (nSPS) is 11.7. The average molecular weight is 230 g/mol. The highest BCUT2D eigenvalue weighted by Gasteiger charge is 2.30. The van der Waals surface area contributed by atoms with Crippen molar-refractivity contribution in [2.24, 2.45) is 0 Å². The molecule has 0 spiro atoms. The molecule has 0 aliphatic heterocycles. The number of nitrogens with zero attached hydrogens (tertiary/aromatic N) is 4. The molecule has 0 saturated heterocycles. The van der Waals surface area contributed by atoms with E-state index in [-0.39, 0.29) is 5.82 Å². The summed E-state index contributed by atoms with van der Waals surface area (Å²) in [5, 5.41) is 18.9. The number of rotatable bonds is 1. The van der Waals surface area contributed by atoms with E-state index in [0.717, 1.165) is 12.1 Å². The molecule has 1 N–H and O–H groups in total. The third kappa shape index (κ3) is 1.81. The first-order valence-electron chi connectivity index (χ1n) is 4.14. The summed E-state index contributed by atoms with van der Waals surface area (Å²) in [6.07, 6.45) is -4.39. The van der Waals surface area contributed by atoms with Gasteiger partial charge in [-0.1, -0.05) is 17.0 Å². The fraction of sp³-hybridized carbons (Fsp3) is 0.125. The minimum absolute atomic E-state index is 0.0197. The number of benzene rings is 1. The van der Waals surface area contributed by atoms with E-state index in [1.54, 1.807) is 0 Å². The van der Waals surface area contributed by atoms with Gasteiger partial charge in [0.1, 0.15) is 0 Å². The van der Waals surface area contributed by atoms with Crippen molar-refractivity contribution < 1.29 is 18.4 Å². The third-order valence-electron chi connectivity index (χ3n) is 1.92. The number of hydrogen-bond donors (Lipinski definition) is 1. The van der Waals surface area contributed by atoms with Crippen LogP contribution in [0.25, 0.3) is 11.4 Å². The Morgan fingerprint density at radius 1 is 1.12 bits per heavy atom. The second-order valence-corrected chi connectivity index (χ2v) is 2.97. The summed E-state index contributed by atoms with van der Waals surface area (Å²) in [5.41, 5.74) is -0.478. The fourth-order valence-corrected chi connectivity index (χ4v) is 1.16. The van der Waals surface area contributed by atoms with E-state index >= 15 is 0 Å². The summed E-state index contributed by atoms with van der Waals surface area (Å²) in [6, 6.07) is 4.15. The van der Waals surface area contributed by atoms with Crippen LogP contribution in [0, 0.1) is 0 Å². The van der Waals surface area contributed by atoms with Crippen LogP contribution in [0.2, 0.25) is 0 Å². The smallest absolute Gasteiger partial charge is 0.409 e. The van der Waals surface area contributed by atoms with Crippen LogP contribution in [-0.2, 0) is 6.18 Å². The first-order chi connectivity index (χ1) is 7.48. The predicted molar refractivity (Wildman–Crippen MR) is 45.4 cm³/mol. The van der Waals surface area contributed by atoms with Gasteiger partial charge in [-0.2, -0.15) is 13.2 Å². The maximum absolute atomic E-state index is 12.2. The molecular weight excluding hydrogens is 225 g/mol. The molecule has 16 heavy (non-hydrogen) atoms. The van der Waals surface area contributed by atoms with Gasteiger partial charge in [-0.25, -0.2) is 0 Å². The highest BCUT2D eigenvalue weighted by Crippen LogP contribution is 2.30. The topological polar surface area (TPSA) is 63.8 Å². The van der Waals surface area contributed by atoms with Crippen molar-refractivity contribution in [3.63, 3.8) is 0 Å². The van der Waals surface area contributed by atoms with Crippen molar-refractivity contribution >= 4 is 0 Å². The monoisotopic (exact) mass is 230 g/mol. The summed E-state index contributed by atoms with van der Waals surface area (Å²) in [7, 11) is 0. The van der Waals surface area contributed by atoms with Crippen LogP contribution in [0.15, 0.2) is 24.3 Å². The molecule has 2 aromatic rings. The van der Waals surface area contributed by atoms with Crippen LogP contribution in [0.3, 0.4) is 0 Å².